The maximum atomic E-state index is 11.7. The van der Waals surface area contributed by atoms with Crippen LogP contribution in [0.5, 0.6) is 0 Å². The molecule has 8 heteroatoms. The van der Waals surface area contributed by atoms with Gasteiger partial charge in [-0.3, -0.25) is 4.99 Å². The number of hydrogen-bond acceptors (Lipinski definition) is 3. The molecule has 0 amide bonds. The van der Waals surface area contributed by atoms with Gasteiger partial charge in [-0.25, -0.2) is 0 Å². The van der Waals surface area contributed by atoms with Crippen molar-refractivity contribution in [3.8, 4) is 0 Å². The molecule has 0 aromatic heterocycles. The average molecular weight is 255 g/mol. The van der Waals surface area contributed by atoms with Crippen LogP contribution >= 0.6 is 0 Å². The highest BCUT2D eigenvalue weighted by Crippen LogP contribution is 2.14. The van der Waals surface area contributed by atoms with Crippen LogP contribution in [0.1, 0.15) is 0 Å². The normalized spacial score (nSPS) is 18.5. The highest BCUT2D eigenvalue weighted by molar-refractivity contribution is 5.78. The van der Waals surface area contributed by atoms with Gasteiger partial charge in [0.05, 0.1) is 26.4 Å². The van der Waals surface area contributed by atoms with Crippen molar-refractivity contribution in [3.05, 3.63) is 0 Å². The minimum absolute atomic E-state index is 0.0927. The third-order valence-corrected chi connectivity index (χ3v) is 2.11. The molecule has 0 spiro atoms. The number of nitrogens with two attached hydrogens (primary N) is 1. The molecule has 1 saturated heterocycles. The molecule has 2 N–H and O–H groups in total. The van der Waals surface area contributed by atoms with E-state index in [0.717, 1.165) is 0 Å². The number of hydrogen-bond donors (Lipinski definition) is 1. The van der Waals surface area contributed by atoms with E-state index in [1.807, 2.05) is 4.90 Å². The summed E-state index contributed by atoms with van der Waals surface area (Å²) in [7, 11) is 0. The van der Waals surface area contributed by atoms with Crippen LogP contribution in [0.25, 0.3) is 0 Å². The van der Waals surface area contributed by atoms with E-state index in [1.165, 1.54) is 0 Å². The summed E-state index contributed by atoms with van der Waals surface area (Å²) in [5.41, 5.74) is 5.66. The highest BCUT2D eigenvalue weighted by Gasteiger charge is 2.27. The van der Waals surface area contributed by atoms with Crippen molar-refractivity contribution in [1.82, 2.24) is 4.90 Å². The van der Waals surface area contributed by atoms with Crippen molar-refractivity contribution in [2.45, 2.75) is 6.18 Å². The number of rotatable bonds is 4. The topological polar surface area (TPSA) is 60.1 Å². The van der Waals surface area contributed by atoms with Gasteiger partial charge in [-0.05, 0) is 0 Å². The van der Waals surface area contributed by atoms with E-state index in [2.05, 4.69) is 9.73 Å². The maximum absolute atomic E-state index is 11.7. The van der Waals surface area contributed by atoms with Crippen molar-refractivity contribution >= 4 is 5.96 Å². The smallest absolute Gasteiger partial charge is 0.378 e. The van der Waals surface area contributed by atoms with Gasteiger partial charge >= 0.3 is 6.18 Å². The summed E-state index contributed by atoms with van der Waals surface area (Å²) in [6.45, 7) is 1.25. The molecule has 1 aliphatic heterocycles. The molecule has 0 unspecified atom stereocenters. The minimum atomic E-state index is -4.29. The van der Waals surface area contributed by atoms with E-state index in [1.54, 1.807) is 0 Å². The lowest BCUT2D eigenvalue weighted by Crippen LogP contribution is -2.45. The van der Waals surface area contributed by atoms with E-state index in [9.17, 15) is 13.2 Å². The molecule has 1 heterocycles. The molecule has 1 aliphatic rings. The van der Waals surface area contributed by atoms with Crippen LogP contribution in [-0.4, -0.2) is 63.1 Å². The predicted molar refractivity (Wildman–Crippen MR) is 55.8 cm³/mol. The maximum Gasteiger partial charge on any atom is 0.411 e. The Hall–Kier alpha value is -1.02. The van der Waals surface area contributed by atoms with Gasteiger partial charge in [0.2, 0.25) is 0 Å². The number of ether oxygens (including phenoxy) is 2. The molecule has 0 radical (unpaired) electrons. The second kappa shape index (κ2) is 6.65. The van der Waals surface area contributed by atoms with Gasteiger partial charge in [0.25, 0.3) is 0 Å². The quantitative estimate of drug-likeness (QED) is 0.443. The summed E-state index contributed by atoms with van der Waals surface area (Å²) >= 11 is 0. The number of halogens is 3. The number of alkyl halides is 3. The van der Waals surface area contributed by atoms with Gasteiger partial charge in [-0.15, -0.1) is 0 Å². The summed E-state index contributed by atoms with van der Waals surface area (Å²) in [6.07, 6.45) is -4.29. The molecular weight excluding hydrogens is 239 g/mol. The molecule has 1 fully saturated rings. The Morgan fingerprint density at radius 3 is 2.59 bits per heavy atom. The average Bonchev–Trinajstić information content (AvgIpc) is 2.28. The monoisotopic (exact) mass is 255 g/mol. The molecule has 0 atom stereocenters. The Bertz CT molecular complexity index is 252. The third-order valence-electron chi connectivity index (χ3n) is 2.11. The fraction of sp³-hybridized carbons (Fsp3) is 0.889. The first-order valence-electron chi connectivity index (χ1n) is 5.26. The van der Waals surface area contributed by atoms with Crippen molar-refractivity contribution < 1.29 is 22.6 Å². The van der Waals surface area contributed by atoms with Crippen LogP contribution in [0.2, 0.25) is 0 Å². The number of nitrogens with zero attached hydrogens (tertiary/aromatic N) is 2. The molecule has 0 bridgehead atoms. The lowest BCUT2D eigenvalue weighted by atomic mass is 10.4. The van der Waals surface area contributed by atoms with Crippen LogP contribution in [0.3, 0.4) is 0 Å². The van der Waals surface area contributed by atoms with Crippen LogP contribution in [0.4, 0.5) is 13.2 Å². The van der Waals surface area contributed by atoms with Crippen LogP contribution in [0.15, 0.2) is 4.99 Å². The number of aliphatic imine (C=N–C) groups is 1. The zero-order chi connectivity index (χ0) is 12.7. The minimum Gasteiger partial charge on any atom is -0.378 e. The van der Waals surface area contributed by atoms with Crippen LogP contribution in [0, 0.1) is 0 Å². The molecule has 17 heavy (non-hydrogen) atoms. The first-order valence-corrected chi connectivity index (χ1v) is 5.26. The second-order valence-electron chi connectivity index (χ2n) is 3.51. The third kappa shape index (κ3) is 6.32. The van der Waals surface area contributed by atoms with E-state index < -0.39 is 12.8 Å². The van der Waals surface area contributed by atoms with E-state index in [0.29, 0.717) is 32.3 Å². The molecule has 5 nitrogen and oxygen atoms in total. The molecule has 0 aromatic rings. The first-order chi connectivity index (χ1) is 7.99. The molecule has 0 aromatic carbocycles. The molecular formula is C9H16F3N3O2. The highest BCUT2D eigenvalue weighted by atomic mass is 19.4. The SMILES string of the molecule is NC(=NCCOCC(F)(F)F)N1CCOCC1. The van der Waals surface area contributed by atoms with Crippen LogP contribution < -0.4 is 5.73 Å². The Morgan fingerprint density at radius 2 is 2.00 bits per heavy atom. The fourth-order valence-electron chi connectivity index (χ4n) is 1.31. The van der Waals surface area contributed by atoms with E-state index >= 15 is 0 Å². The van der Waals surface area contributed by atoms with Gasteiger partial charge < -0.3 is 20.1 Å². The fourth-order valence-corrected chi connectivity index (χ4v) is 1.31. The number of guanidine groups is 1. The number of morpholine rings is 1. The molecule has 100 valence electrons. The Morgan fingerprint density at radius 1 is 1.35 bits per heavy atom. The molecule has 0 aliphatic carbocycles. The summed E-state index contributed by atoms with van der Waals surface area (Å²) in [6, 6.07) is 0. The van der Waals surface area contributed by atoms with Crippen molar-refractivity contribution in [3.63, 3.8) is 0 Å². The Balaban J connectivity index is 2.14. The zero-order valence-corrected chi connectivity index (χ0v) is 9.37. The van der Waals surface area contributed by atoms with Gasteiger partial charge in [-0.1, -0.05) is 0 Å². The summed E-state index contributed by atoms with van der Waals surface area (Å²) in [4.78, 5) is 5.77. The largest absolute Gasteiger partial charge is 0.411 e. The summed E-state index contributed by atoms with van der Waals surface area (Å²) < 4.78 is 44.7. The molecule has 0 saturated carbocycles. The molecule has 1 rings (SSSR count). The van der Waals surface area contributed by atoms with E-state index in [4.69, 9.17) is 10.5 Å². The summed E-state index contributed by atoms with van der Waals surface area (Å²) in [5, 5.41) is 0. The lowest BCUT2D eigenvalue weighted by molar-refractivity contribution is -0.173. The van der Waals surface area contributed by atoms with E-state index in [-0.39, 0.29) is 13.2 Å². The van der Waals surface area contributed by atoms with Gasteiger partial charge in [0.1, 0.15) is 6.61 Å². The predicted octanol–water partition coefficient (Wildman–Crippen LogP) is 0.212. The first kappa shape index (κ1) is 14.0. The zero-order valence-electron chi connectivity index (χ0n) is 9.37. The Labute approximate surface area is 97.4 Å². The Kier molecular flexibility index (Phi) is 5.49. The van der Waals surface area contributed by atoms with Crippen molar-refractivity contribution in [2.24, 2.45) is 10.7 Å². The van der Waals surface area contributed by atoms with Gasteiger partial charge in [-0.2, -0.15) is 13.2 Å². The van der Waals surface area contributed by atoms with Crippen molar-refractivity contribution in [2.75, 3.05) is 46.1 Å². The van der Waals surface area contributed by atoms with Crippen LogP contribution in [-0.2, 0) is 9.47 Å². The summed E-state index contributed by atoms with van der Waals surface area (Å²) in [5.74, 6) is 0.323. The lowest BCUT2D eigenvalue weighted by Gasteiger charge is -2.27. The second-order valence-corrected chi connectivity index (χ2v) is 3.51. The van der Waals surface area contributed by atoms with Gasteiger partial charge in [0.15, 0.2) is 5.96 Å². The standard InChI is InChI=1S/C9H16F3N3O2/c10-9(11,12)7-17-4-1-14-8(13)15-2-5-16-6-3-15/h1-7H2,(H2,13,14). The van der Waals surface area contributed by atoms with Crippen molar-refractivity contribution in [1.29, 1.82) is 0 Å². The van der Waals surface area contributed by atoms with Gasteiger partial charge in [0, 0.05) is 13.1 Å².